The minimum absolute atomic E-state index is 0. The predicted octanol–water partition coefficient (Wildman–Crippen LogP) is 1.36. The van der Waals surface area contributed by atoms with E-state index in [4.69, 9.17) is 10.5 Å². The van der Waals surface area contributed by atoms with Gasteiger partial charge in [0.2, 0.25) is 11.8 Å². The van der Waals surface area contributed by atoms with Gasteiger partial charge in [-0.25, -0.2) is 4.79 Å². The van der Waals surface area contributed by atoms with Crippen molar-refractivity contribution in [3.63, 3.8) is 0 Å². The summed E-state index contributed by atoms with van der Waals surface area (Å²) in [6.07, 6.45) is 0.490. The number of esters is 1. The van der Waals surface area contributed by atoms with Crippen molar-refractivity contribution < 1.29 is 28.7 Å². The average Bonchev–Trinajstić information content (AvgIpc) is 3.15. The summed E-state index contributed by atoms with van der Waals surface area (Å²) in [5.74, 6) is -1.32. The number of imide groups is 1. The number of nitrogens with two attached hydrogens (primary N) is 1. The van der Waals surface area contributed by atoms with Crippen LogP contribution in [0.15, 0.2) is 36.4 Å². The second kappa shape index (κ2) is 11.2. The number of fused-ring (bicyclic) bond motifs is 1. The second-order valence-corrected chi connectivity index (χ2v) is 8.36. The molecule has 0 spiro atoms. The number of hydrogen-bond donors (Lipinski definition) is 4. The van der Waals surface area contributed by atoms with E-state index in [0.29, 0.717) is 23.4 Å². The number of aryl methyl sites for hydroxylation is 1. The molecular formula is C24H26ClN5O6. The summed E-state index contributed by atoms with van der Waals surface area (Å²) in [5, 5.41) is 7.71. The van der Waals surface area contributed by atoms with Crippen molar-refractivity contribution in [2.45, 2.75) is 38.9 Å². The van der Waals surface area contributed by atoms with Gasteiger partial charge < -0.3 is 26.0 Å². The molecule has 0 aliphatic carbocycles. The molecule has 4 rings (SSSR count). The number of nitrogens with zero attached hydrogens (tertiary/aromatic N) is 1. The summed E-state index contributed by atoms with van der Waals surface area (Å²) in [4.78, 5) is 61.7. The molecule has 190 valence electrons. The van der Waals surface area contributed by atoms with Gasteiger partial charge in [0.25, 0.3) is 5.91 Å². The number of urea groups is 1. The molecule has 2 aliphatic rings. The van der Waals surface area contributed by atoms with E-state index in [9.17, 15) is 24.0 Å². The van der Waals surface area contributed by atoms with Gasteiger partial charge in [0.1, 0.15) is 11.8 Å². The third-order valence-corrected chi connectivity index (χ3v) is 5.88. The first-order chi connectivity index (χ1) is 16.7. The summed E-state index contributed by atoms with van der Waals surface area (Å²) in [7, 11) is 0. The monoisotopic (exact) mass is 515 g/mol. The summed E-state index contributed by atoms with van der Waals surface area (Å²) in [6, 6.07) is 9.01. The van der Waals surface area contributed by atoms with E-state index in [-0.39, 0.29) is 50.3 Å². The highest BCUT2D eigenvalue weighted by molar-refractivity contribution is 6.05. The number of amides is 5. The summed E-state index contributed by atoms with van der Waals surface area (Å²) in [6.45, 7) is 1.97. The van der Waals surface area contributed by atoms with Crippen LogP contribution in [0, 0.1) is 6.92 Å². The number of benzene rings is 2. The van der Waals surface area contributed by atoms with Gasteiger partial charge in [-0.2, -0.15) is 0 Å². The third-order valence-electron chi connectivity index (χ3n) is 5.88. The Hall–Kier alpha value is -3.96. The molecule has 5 N–H and O–H groups in total. The van der Waals surface area contributed by atoms with E-state index in [0.717, 1.165) is 16.7 Å². The van der Waals surface area contributed by atoms with Crippen LogP contribution < -0.4 is 26.4 Å². The van der Waals surface area contributed by atoms with Crippen LogP contribution >= 0.6 is 12.4 Å². The topological polar surface area (TPSA) is 160 Å². The van der Waals surface area contributed by atoms with E-state index in [1.807, 2.05) is 6.07 Å². The summed E-state index contributed by atoms with van der Waals surface area (Å²) >= 11 is 0. The Morgan fingerprint density at radius 2 is 1.94 bits per heavy atom. The first-order valence-corrected chi connectivity index (χ1v) is 11.1. The Morgan fingerprint density at radius 1 is 1.17 bits per heavy atom. The van der Waals surface area contributed by atoms with Crippen LogP contribution in [-0.2, 0) is 27.5 Å². The number of ether oxygens (including phenoxy) is 1. The smallest absolute Gasteiger partial charge is 0.325 e. The fourth-order valence-corrected chi connectivity index (χ4v) is 4.05. The fourth-order valence-electron chi connectivity index (χ4n) is 4.05. The molecule has 1 atom stereocenters. The van der Waals surface area contributed by atoms with Gasteiger partial charge in [-0.1, -0.05) is 18.2 Å². The first-order valence-electron chi connectivity index (χ1n) is 11.1. The molecule has 11 nitrogen and oxygen atoms in total. The van der Waals surface area contributed by atoms with Gasteiger partial charge in [-0.15, -0.1) is 12.4 Å². The lowest BCUT2D eigenvalue weighted by atomic mass is 10.0. The summed E-state index contributed by atoms with van der Waals surface area (Å²) < 4.78 is 5.15. The standard InChI is InChI=1S/C24H25N5O6.ClH/c1-13-2-4-16(9-19(13)35-21(31)10-25)27-24(34)26-11-14-3-5-17-15(8-14)12-29(23(17)33)18-6-7-20(30)28-22(18)32;/h2-5,8-9,18H,6-7,10-12,25H2,1H3,(H2,26,27,34)(H,28,30,32);1H. The highest BCUT2D eigenvalue weighted by Gasteiger charge is 2.39. The Bertz CT molecular complexity index is 1230. The number of halogens is 1. The van der Waals surface area contributed by atoms with Crippen molar-refractivity contribution in [3.8, 4) is 5.75 Å². The van der Waals surface area contributed by atoms with Crippen molar-refractivity contribution >= 4 is 47.8 Å². The normalized spacial score (nSPS) is 16.6. The fraction of sp³-hybridized carbons (Fsp3) is 0.292. The number of anilines is 1. The van der Waals surface area contributed by atoms with Crippen molar-refractivity contribution in [1.82, 2.24) is 15.5 Å². The van der Waals surface area contributed by atoms with Gasteiger partial charge in [-0.3, -0.25) is 24.5 Å². The van der Waals surface area contributed by atoms with Gasteiger partial charge in [0, 0.05) is 36.8 Å². The zero-order valence-corrected chi connectivity index (χ0v) is 20.3. The molecule has 0 bridgehead atoms. The van der Waals surface area contributed by atoms with E-state index >= 15 is 0 Å². The Kier molecular flexibility index (Phi) is 8.28. The average molecular weight is 516 g/mol. The number of rotatable bonds is 6. The largest absolute Gasteiger partial charge is 0.425 e. The molecule has 2 aromatic rings. The van der Waals surface area contributed by atoms with E-state index in [1.54, 1.807) is 31.2 Å². The van der Waals surface area contributed by atoms with Gasteiger partial charge >= 0.3 is 12.0 Å². The number of nitrogens with one attached hydrogen (secondary N) is 3. The minimum Gasteiger partial charge on any atom is -0.425 e. The Labute approximate surface area is 213 Å². The molecule has 0 radical (unpaired) electrons. The van der Waals surface area contributed by atoms with Crippen LogP contribution in [0.5, 0.6) is 5.75 Å². The molecule has 2 aliphatic heterocycles. The van der Waals surface area contributed by atoms with Crippen LogP contribution in [0.3, 0.4) is 0 Å². The SMILES string of the molecule is Cc1ccc(NC(=O)NCc2ccc3c(c2)CN(C2CCC(=O)NC2=O)C3=O)cc1OC(=O)CN.Cl. The molecule has 2 aromatic carbocycles. The Balaban J connectivity index is 0.00000361. The van der Waals surface area contributed by atoms with Crippen molar-refractivity contribution in [2.75, 3.05) is 11.9 Å². The highest BCUT2D eigenvalue weighted by Crippen LogP contribution is 2.28. The van der Waals surface area contributed by atoms with Gasteiger partial charge in [0.05, 0.1) is 6.54 Å². The lowest BCUT2D eigenvalue weighted by Gasteiger charge is -2.29. The minimum atomic E-state index is -0.677. The van der Waals surface area contributed by atoms with Crippen LogP contribution in [-0.4, -0.2) is 47.2 Å². The van der Waals surface area contributed by atoms with Crippen LogP contribution in [0.1, 0.15) is 39.9 Å². The van der Waals surface area contributed by atoms with E-state index in [1.165, 1.54) is 11.0 Å². The van der Waals surface area contributed by atoms with E-state index in [2.05, 4.69) is 16.0 Å². The van der Waals surface area contributed by atoms with Crippen LogP contribution in [0.4, 0.5) is 10.5 Å². The van der Waals surface area contributed by atoms with Gasteiger partial charge in [0.15, 0.2) is 0 Å². The molecule has 0 aromatic heterocycles. The molecule has 1 unspecified atom stereocenters. The molecular weight excluding hydrogens is 490 g/mol. The first kappa shape index (κ1) is 26.6. The molecule has 0 saturated carbocycles. The predicted molar refractivity (Wildman–Crippen MR) is 131 cm³/mol. The molecule has 5 amide bonds. The zero-order valence-electron chi connectivity index (χ0n) is 19.5. The maximum absolute atomic E-state index is 12.8. The third kappa shape index (κ3) is 5.81. The number of carbonyl (C=O) groups excluding carboxylic acids is 5. The summed E-state index contributed by atoms with van der Waals surface area (Å²) in [5.41, 5.74) is 8.46. The maximum atomic E-state index is 12.8. The Morgan fingerprint density at radius 3 is 2.67 bits per heavy atom. The van der Waals surface area contributed by atoms with Crippen molar-refractivity contribution in [2.24, 2.45) is 5.73 Å². The lowest BCUT2D eigenvalue weighted by Crippen LogP contribution is -2.52. The molecule has 1 saturated heterocycles. The second-order valence-electron chi connectivity index (χ2n) is 8.36. The maximum Gasteiger partial charge on any atom is 0.325 e. The van der Waals surface area contributed by atoms with Crippen molar-refractivity contribution in [3.05, 3.63) is 58.7 Å². The van der Waals surface area contributed by atoms with Crippen molar-refractivity contribution in [1.29, 1.82) is 0 Å². The van der Waals surface area contributed by atoms with Gasteiger partial charge in [-0.05, 0) is 42.2 Å². The van der Waals surface area contributed by atoms with E-state index < -0.39 is 23.9 Å². The number of carbonyl (C=O) groups is 5. The molecule has 12 heteroatoms. The zero-order chi connectivity index (χ0) is 25.1. The molecule has 2 heterocycles. The quantitative estimate of drug-likeness (QED) is 0.256. The van der Waals surface area contributed by atoms with Crippen LogP contribution in [0.2, 0.25) is 0 Å². The number of hydrogen-bond acceptors (Lipinski definition) is 7. The molecule has 1 fully saturated rings. The highest BCUT2D eigenvalue weighted by atomic mass is 35.5. The number of piperidine rings is 1. The molecule has 36 heavy (non-hydrogen) atoms. The van der Waals surface area contributed by atoms with Crippen LogP contribution in [0.25, 0.3) is 0 Å². The lowest BCUT2D eigenvalue weighted by molar-refractivity contribution is -0.137.